The van der Waals surface area contributed by atoms with Gasteiger partial charge < -0.3 is 16.2 Å². The van der Waals surface area contributed by atoms with Gasteiger partial charge >= 0.3 is 0 Å². The van der Waals surface area contributed by atoms with Crippen LogP contribution in [0.5, 0.6) is 5.75 Å². The van der Waals surface area contributed by atoms with E-state index in [2.05, 4.69) is 14.7 Å². The molecule has 0 saturated carbocycles. The summed E-state index contributed by atoms with van der Waals surface area (Å²) in [5.74, 6) is 0.410. The number of nitrogens with one attached hydrogen (secondary N) is 1. The van der Waals surface area contributed by atoms with Crippen molar-refractivity contribution in [1.82, 2.24) is 9.97 Å². The molecule has 0 fully saturated rings. The lowest BCUT2D eigenvalue weighted by molar-refractivity contribution is 0.411. The van der Waals surface area contributed by atoms with Gasteiger partial charge in [0.2, 0.25) is 16.0 Å². The van der Waals surface area contributed by atoms with Crippen LogP contribution in [-0.2, 0) is 20.0 Å². The second-order valence-corrected chi connectivity index (χ2v) is 8.98. The van der Waals surface area contributed by atoms with E-state index in [0.29, 0.717) is 17.1 Å². The molecule has 1 aromatic heterocycles. The summed E-state index contributed by atoms with van der Waals surface area (Å²) in [4.78, 5) is 7.81. The fraction of sp³-hybridized carbons (Fsp3) is 0.0588. The smallest absolute Gasteiger partial charge is 0.264 e. The predicted molar refractivity (Wildman–Crippen MR) is 112 cm³/mol. The molecule has 3 rings (SSSR count). The van der Waals surface area contributed by atoms with Crippen molar-refractivity contribution in [2.24, 2.45) is 5.14 Å². The Hall–Kier alpha value is -3.42. The zero-order chi connectivity index (χ0) is 22.4. The van der Waals surface area contributed by atoms with Crippen molar-refractivity contribution in [2.45, 2.75) is 9.79 Å². The number of benzene rings is 2. The maximum atomic E-state index is 12.0. The van der Waals surface area contributed by atoms with E-state index < -0.39 is 20.0 Å². The van der Waals surface area contributed by atoms with Crippen LogP contribution in [0.4, 0.5) is 17.3 Å². The number of nitrogens with two attached hydrogens (primary N) is 3. The highest BCUT2D eigenvalue weighted by Crippen LogP contribution is 2.15. The Kier molecular flexibility index (Phi) is 7.15. The standard InChI is InChI=1S/C11H12N4O3S.C6H8N2O2S/c1-18-9-6-13-11(14-7-9)15-19(16,17)10-4-2-8(12)3-5-10;7-5-1-3-6(4-2-5)11(8,9)10/h2-7H,12H2,1H3,(H,13,14,15);1-4H,7H2,(H2,8,9,10). The highest BCUT2D eigenvalue weighted by molar-refractivity contribution is 7.92. The Balaban J connectivity index is 0.000000248. The predicted octanol–water partition coefficient (Wildman–Crippen LogP) is 0.784. The molecule has 0 atom stereocenters. The summed E-state index contributed by atoms with van der Waals surface area (Å²) < 4.78 is 52.5. The van der Waals surface area contributed by atoms with E-state index in [1.807, 2.05) is 0 Å². The molecule has 13 heteroatoms. The fourth-order valence-electron chi connectivity index (χ4n) is 1.96. The van der Waals surface area contributed by atoms with Crippen LogP contribution in [0.3, 0.4) is 0 Å². The van der Waals surface area contributed by atoms with Crippen LogP contribution < -0.4 is 26.1 Å². The van der Waals surface area contributed by atoms with E-state index in [-0.39, 0.29) is 15.7 Å². The lowest BCUT2D eigenvalue weighted by Gasteiger charge is -2.07. The monoisotopic (exact) mass is 452 g/mol. The SMILES string of the molecule is COc1cnc(NS(=O)(=O)c2ccc(N)cc2)nc1.Nc1ccc(S(N)(=O)=O)cc1. The van der Waals surface area contributed by atoms with Crippen molar-refractivity contribution in [3.63, 3.8) is 0 Å². The first-order chi connectivity index (χ1) is 14.0. The van der Waals surface area contributed by atoms with Crippen LogP contribution in [0, 0.1) is 0 Å². The summed E-state index contributed by atoms with van der Waals surface area (Å²) in [6.07, 6.45) is 2.74. The Morgan fingerprint density at radius 1 is 0.800 bits per heavy atom. The molecule has 1 heterocycles. The molecule has 30 heavy (non-hydrogen) atoms. The van der Waals surface area contributed by atoms with Crippen LogP contribution >= 0.6 is 0 Å². The molecule has 0 spiro atoms. The van der Waals surface area contributed by atoms with Crippen molar-refractivity contribution in [3.8, 4) is 5.75 Å². The second kappa shape index (κ2) is 9.39. The largest absolute Gasteiger partial charge is 0.494 e. The van der Waals surface area contributed by atoms with Crippen LogP contribution in [-0.4, -0.2) is 33.9 Å². The van der Waals surface area contributed by atoms with Gasteiger partial charge in [-0.15, -0.1) is 0 Å². The van der Waals surface area contributed by atoms with E-state index >= 15 is 0 Å². The first kappa shape index (κ1) is 22.9. The van der Waals surface area contributed by atoms with Gasteiger partial charge in [-0.3, -0.25) is 0 Å². The summed E-state index contributed by atoms with van der Waals surface area (Å²) in [7, 11) is -5.83. The first-order valence-electron chi connectivity index (χ1n) is 8.14. The fourth-order valence-corrected chi connectivity index (χ4v) is 3.43. The quantitative estimate of drug-likeness (QED) is 0.405. The average Bonchev–Trinajstić information content (AvgIpc) is 2.69. The zero-order valence-electron chi connectivity index (χ0n) is 15.8. The molecule has 0 unspecified atom stereocenters. The molecule has 0 amide bonds. The first-order valence-corrected chi connectivity index (χ1v) is 11.2. The van der Waals surface area contributed by atoms with Gasteiger partial charge in [-0.05, 0) is 48.5 Å². The third kappa shape index (κ3) is 6.58. The highest BCUT2D eigenvalue weighted by atomic mass is 32.2. The van der Waals surface area contributed by atoms with Crippen molar-refractivity contribution in [1.29, 1.82) is 0 Å². The Labute approximate surface area is 174 Å². The molecule has 0 aliphatic rings. The van der Waals surface area contributed by atoms with Crippen LogP contribution in [0.2, 0.25) is 0 Å². The number of anilines is 3. The van der Waals surface area contributed by atoms with Gasteiger partial charge in [0.05, 0.1) is 29.3 Å². The van der Waals surface area contributed by atoms with Crippen LogP contribution in [0.25, 0.3) is 0 Å². The number of methoxy groups -OCH3 is 1. The average molecular weight is 453 g/mol. The van der Waals surface area contributed by atoms with E-state index in [1.54, 1.807) is 0 Å². The molecule has 3 aromatic rings. The maximum absolute atomic E-state index is 12.0. The van der Waals surface area contributed by atoms with Gasteiger partial charge in [-0.2, -0.15) is 0 Å². The number of ether oxygens (including phenoxy) is 1. The summed E-state index contributed by atoms with van der Waals surface area (Å²) in [6.45, 7) is 0. The lowest BCUT2D eigenvalue weighted by atomic mass is 10.3. The molecule has 0 saturated heterocycles. The minimum Gasteiger partial charge on any atom is -0.494 e. The summed E-state index contributed by atoms with van der Waals surface area (Å²) in [6, 6.07) is 11.5. The van der Waals surface area contributed by atoms with Gasteiger partial charge in [0.15, 0.2) is 5.75 Å². The molecule has 11 nitrogen and oxygen atoms in total. The minimum absolute atomic E-state index is 0.0300. The lowest BCUT2D eigenvalue weighted by Crippen LogP contribution is -2.14. The van der Waals surface area contributed by atoms with E-state index in [0.717, 1.165) is 0 Å². The number of hydrogen-bond donors (Lipinski definition) is 4. The third-order valence-corrected chi connectivity index (χ3v) is 5.76. The molecule has 7 N–H and O–H groups in total. The van der Waals surface area contributed by atoms with Crippen LogP contribution in [0.1, 0.15) is 0 Å². The van der Waals surface area contributed by atoms with Gasteiger partial charge in [-0.25, -0.2) is 36.7 Å². The summed E-state index contributed by atoms with van der Waals surface area (Å²) in [5.41, 5.74) is 11.8. The van der Waals surface area contributed by atoms with Crippen molar-refractivity contribution >= 4 is 37.4 Å². The Morgan fingerprint density at radius 3 is 1.63 bits per heavy atom. The van der Waals surface area contributed by atoms with E-state index in [9.17, 15) is 16.8 Å². The van der Waals surface area contributed by atoms with E-state index in [1.165, 1.54) is 68.0 Å². The Morgan fingerprint density at radius 2 is 1.23 bits per heavy atom. The van der Waals surface area contributed by atoms with Gasteiger partial charge in [0, 0.05) is 11.4 Å². The van der Waals surface area contributed by atoms with Crippen LogP contribution in [0.15, 0.2) is 70.7 Å². The van der Waals surface area contributed by atoms with Crippen molar-refractivity contribution in [2.75, 3.05) is 23.3 Å². The minimum atomic E-state index is -3.72. The molecule has 2 aromatic carbocycles. The number of nitrogen functional groups attached to an aromatic ring is 2. The summed E-state index contributed by atoms with van der Waals surface area (Å²) >= 11 is 0. The zero-order valence-corrected chi connectivity index (χ0v) is 17.4. The number of sulfonamides is 2. The third-order valence-electron chi connectivity index (χ3n) is 3.49. The molecule has 0 radical (unpaired) electrons. The number of hydrogen-bond acceptors (Lipinski definition) is 9. The molecule has 0 aliphatic carbocycles. The molecule has 0 bridgehead atoms. The van der Waals surface area contributed by atoms with Crippen molar-refractivity contribution in [3.05, 3.63) is 60.9 Å². The molecular formula is C17H20N6O5S2. The highest BCUT2D eigenvalue weighted by Gasteiger charge is 2.15. The normalized spacial score (nSPS) is 11.1. The number of nitrogens with zero attached hydrogens (tertiary/aromatic N) is 2. The molecular weight excluding hydrogens is 432 g/mol. The van der Waals surface area contributed by atoms with Gasteiger partial charge in [-0.1, -0.05) is 0 Å². The topological polar surface area (TPSA) is 193 Å². The second-order valence-electron chi connectivity index (χ2n) is 5.74. The van der Waals surface area contributed by atoms with Gasteiger partial charge in [0.25, 0.3) is 10.0 Å². The molecule has 0 aliphatic heterocycles. The maximum Gasteiger partial charge on any atom is 0.264 e. The summed E-state index contributed by atoms with van der Waals surface area (Å²) in [5, 5.41) is 4.84. The Bertz CT molecular complexity index is 1180. The molecule has 160 valence electrons. The number of primary sulfonamides is 1. The number of rotatable bonds is 5. The van der Waals surface area contributed by atoms with Gasteiger partial charge in [0.1, 0.15) is 0 Å². The number of aromatic nitrogens is 2. The van der Waals surface area contributed by atoms with E-state index in [4.69, 9.17) is 21.3 Å². The van der Waals surface area contributed by atoms with Crippen molar-refractivity contribution < 1.29 is 21.6 Å².